The van der Waals surface area contributed by atoms with Crippen molar-refractivity contribution in [3.8, 4) is 11.4 Å². The van der Waals surface area contributed by atoms with E-state index in [9.17, 15) is 4.79 Å². The third kappa shape index (κ3) is 4.18. The number of carbonyl (C=O) groups excluding carboxylic acids is 1. The van der Waals surface area contributed by atoms with Gasteiger partial charge < -0.3 is 19.2 Å². The van der Waals surface area contributed by atoms with E-state index in [1.54, 1.807) is 6.20 Å². The zero-order chi connectivity index (χ0) is 21.2. The molecule has 0 spiro atoms. The van der Waals surface area contributed by atoms with Crippen molar-refractivity contribution in [1.82, 2.24) is 24.9 Å². The number of aromatic nitrogens is 3. The zero-order valence-electron chi connectivity index (χ0n) is 18.4. The molecule has 2 aromatic heterocycles. The van der Waals surface area contributed by atoms with E-state index in [2.05, 4.69) is 36.7 Å². The van der Waals surface area contributed by atoms with E-state index < -0.39 is 0 Å². The Labute approximate surface area is 183 Å². The van der Waals surface area contributed by atoms with Crippen LogP contribution in [0.4, 0.5) is 5.82 Å². The molecule has 0 bridgehead atoms. The quantitative estimate of drug-likeness (QED) is 0.730. The predicted octanol–water partition coefficient (Wildman–Crippen LogP) is 2.78. The largest absolute Gasteiger partial charge is 0.355 e. The smallest absolute Gasteiger partial charge is 0.230 e. The molecule has 1 amide bonds. The summed E-state index contributed by atoms with van der Waals surface area (Å²) in [5, 5.41) is 4.25. The second kappa shape index (κ2) is 8.94. The lowest BCUT2D eigenvalue weighted by atomic mass is 9.85. The lowest BCUT2D eigenvalue weighted by molar-refractivity contribution is -0.137. The van der Waals surface area contributed by atoms with Crippen LogP contribution < -0.4 is 4.90 Å². The highest BCUT2D eigenvalue weighted by molar-refractivity contribution is 5.80. The summed E-state index contributed by atoms with van der Waals surface area (Å²) in [5.41, 5.74) is 0.890. The van der Waals surface area contributed by atoms with Crippen molar-refractivity contribution < 1.29 is 9.32 Å². The van der Waals surface area contributed by atoms with Crippen molar-refractivity contribution in [1.29, 1.82) is 0 Å². The molecule has 166 valence electrons. The van der Waals surface area contributed by atoms with E-state index in [0.717, 1.165) is 82.2 Å². The number of hydrogen-bond acceptors (Lipinski definition) is 7. The van der Waals surface area contributed by atoms with Crippen molar-refractivity contribution in [3.63, 3.8) is 0 Å². The summed E-state index contributed by atoms with van der Waals surface area (Å²) in [6.07, 6.45) is 7.23. The predicted molar refractivity (Wildman–Crippen MR) is 118 cm³/mol. The Morgan fingerprint density at radius 3 is 2.71 bits per heavy atom. The first-order valence-corrected chi connectivity index (χ1v) is 11.8. The third-order valence-electron chi connectivity index (χ3n) is 7.13. The second-order valence-corrected chi connectivity index (χ2v) is 9.00. The molecule has 2 aromatic rings. The molecule has 0 N–H and O–H groups in total. The number of piperazine rings is 1. The Morgan fingerprint density at radius 2 is 1.97 bits per heavy atom. The molecule has 8 heteroatoms. The standard InChI is InChI=1S/C23H32N6O2/c1-2-27-12-14-28(15-13-27)23(30)18-8-5-11-29(16-18)21-19(9-4-10-24-21)20-25-22(31-26-20)17-6-3-7-17/h4,9-10,17-18H,2-3,5-8,11-16H2,1H3. The van der Waals surface area contributed by atoms with Gasteiger partial charge in [0.2, 0.25) is 17.6 Å². The van der Waals surface area contributed by atoms with E-state index in [1.807, 2.05) is 12.1 Å². The molecule has 31 heavy (non-hydrogen) atoms. The van der Waals surface area contributed by atoms with Crippen LogP contribution in [0.15, 0.2) is 22.9 Å². The first kappa shape index (κ1) is 20.4. The lowest BCUT2D eigenvalue weighted by Gasteiger charge is -2.39. The van der Waals surface area contributed by atoms with Crippen LogP contribution in [0.3, 0.4) is 0 Å². The molecular weight excluding hydrogens is 392 g/mol. The third-order valence-corrected chi connectivity index (χ3v) is 7.13. The topological polar surface area (TPSA) is 78.6 Å². The van der Waals surface area contributed by atoms with Crippen molar-refractivity contribution in [2.45, 2.75) is 44.9 Å². The van der Waals surface area contributed by atoms with Gasteiger partial charge in [0, 0.05) is 51.4 Å². The maximum absolute atomic E-state index is 13.2. The van der Waals surface area contributed by atoms with Crippen molar-refractivity contribution >= 4 is 11.7 Å². The van der Waals surface area contributed by atoms with Crippen LogP contribution in [-0.4, -0.2) is 76.6 Å². The van der Waals surface area contributed by atoms with E-state index in [-0.39, 0.29) is 5.92 Å². The van der Waals surface area contributed by atoms with E-state index in [0.29, 0.717) is 24.2 Å². The fourth-order valence-electron chi connectivity index (χ4n) is 4.90. The molecule has 0 aromatic carbocycles. The van der Waals surface area contributed by atoms with Crippen LogP contribution in [0.25, 0.3) is 11.4 Å². The van der Waals surface area contributed by atoms with E-state index in [1.165, 1.54) is 6.42 Å². The molecule has 0 radical (unpaired) electrons. The Balaban J connectivity index is 1.30. The minimum atomic E-state index is 0.0209. The van der Waals surface area contributed by atoms with Crippen LogP contribution >= 0.6 is 0 Å². The maximum atomic E-state index is 13.2. The van der Waals surface area contributed by atoms with Crippen LogP contribution in [0.5, 0.6) is 0 Å². The van der Waals surface area contributed by atoms with Gasteiger partial charge in [-0.2, -0.15) is 4.98 Å². The number of anilines is 1. The van der Waals surface area contributed by atoms with Gasteiger partial charge in [-0.3, -0.25) is 4.79 Å². The number of nitrogens with zero attached hydrogens (tertiary/aromatic N) is 6. The SMILES string of the molecule is CCN1CCN(C(=O)C2CCCN(c3ncccc3-c3noc(C4CCC4)n3)C2)CC1. The molecule has 3 aliphatic rings. The Morgan fingerprint density at radius 1 is 1.13 bits per heavy atom. The first-order chi connectivity index (χ1) is 15.2. The number of piperidine rings is 1. The molecule has 8 nitrogen and oxygen atoms in total. The normalized spacial score (nSPS) is 23.1. The highest BCUT2D eigenvalue weighted by Crippen LogP contribution is 2.37. The minimum absolute atomic E-state index is 0.0209. The van der Waals surface area contributed by atoms with Gasteiger partial charge in [0.05, 0.1) is 11.5 Å². The van der Waals surface area contributed by atoms with Crippen LogP contribution in [0.2, 0.25) is 0 Å². The molecule has 4 heterocycles. The number of amides is 1. The van der Waals surface area contributed by atoms with Gasteiger partial charge in [0.15, 0.2) is 0 Å². The lowest BCUT2D eigenvalue weighted by Crippen LogP contribution is -2.52. The summed E-state index contributed by atoms with van der Waals surface area (Å²) < 4.78 is 5.55. The van der Waals surface area contributed by atoms with Crippen molar-refractivity contribution in [2.75, 3.05) is 50.7 Å². The summed E-state index contributed by atoms with van der Waals surface area (Å²) in [5.74, 6) is 2.93. The number of carbonyl (C=O) groups is 1. The molecule has 3 fully saturated rings. The molecular formula is C23H32N6O2. The average molecular weight is 425 g/mol. The van der Waals surface area contributed by atoms with E-state index >= 15 is 0 Å². The highest BCUT2D eigenvalue weighted by atomic mass is 16.5. The monoisotopic (exact) mass is 424 g/mol. The number of pyridine rings is 1. The van der Waals surface area contributed by atoms with Crippen LogP contribution in [-0.2, 0) is 4.79 Å². The Bertz CT molecular complexity index is 903. The van der Waals surface area contributed by atoms with Crippen molar-refractivity contribution in [3.05, 3.63) is 24.2 Å². The molecule has 1 unspecified atom stereocenters. The van der Waals surface area contributed by atoms with Gasteiger partial charge in [-0.1, -0.05) is 18.5 Å². The molecule has 1 atom stereocenters. The zero-order valence-corrected chi connectivity index (χ0v) is 18.4. The summed E-state index contributed by atoms with van der Waals surface area (Å²) >= 11 is 0. The van der Waals surface area contributed by atoms with Crippen LogP contribution in [0.1, 0.15) is 50.8 Å². The maximum Gasteiger partial charge on any atom is 0.230 e. The summed E-state index contributed by atoms with van der Waals surface area (Å²) in [6, 6.07) is 3.92. The van der Waals surface area contributed by atoms with Gasteiger partial charge in [0.1, 0.15) is 5.82 Å². The fraction of sp³-hybridized carbons (Fsp3) is 0.652. The van der Waals surface area contributed by atoms with Gasteiger partial charge >= 0.3 is 0 Å². The van der Waals surface area contributed by atoms with Gasteiger partial charge in [-0.15, -0.1) is 0 Å². The summed E-state index contributed by atoms with van der Waals surface area (Å²) in [7, 11) is 0. The number of rotatable bonds is 5. The van der Waals surface area contributed by atoms with Gasteiger partial charge in [-0.25, -0.2) is 4.98 Å². The second-order valence-electron chi connectivity index (χ2n) is 9.00. The summed E-state index contributed by atoms with van der Waals surface area (Å²) in [4.78, 5) is 29.3. The van der Waals surface area contributed by atoms with E-state index in [4.69, 9.17) is 4.52 Å². The summed E-state index contributed by atoms with van der Waals surface area (Å²) in [6.45, 7) is 8.46. The number of hydrogen-bond donors (Lipinski definition) is 0. The van der Waals surface area contributed by atoms with Gasteiger partial charge in [0.25, 0.3) is 0 Å². The fourth-order valence-corrected chi connectivity index (χ4v) is 4.90. The van der Waals surface area contributed by atoms with Crippen LogP contribution in [0, 0.1) is 5.92 Å². The average Bonchev–Trinajstić information content (AvgIpc) is 3.27. The highest BCUT2D eigenvalue weighted by Gasteiger charge is 2.33. The molecule has 2 aliphatic heterocycles. The molecule has 2 saturated heterocycles. The Hall–Kier alpha value is -2.48. The first-order valence-electron chi connectivity index (χ1n) is 11.8. The Kier molecular flexibility index (Phi) is 5.89. The molecule has 5 rings (SSSR count). The minimum Gasteiger partial charge on any atom is -0.355 e. The van der Waals surface area contributed by atoms with Gasteiger partial charge in [-0.05, 0) is 44.4 Å². The van der Waals surface area contributed by atoms with Crippen molar-refractivity contribution in [2.24, 2.45) is 5.92 Å². The molecule has 1 saturated carbocycles. The number of likely N-dealkylation sites (N-methyl/N-ethyl adjacent to an activating group) is 1. The molecule has 1 aliphatic carbocycles.